The number of rotatable bonds is 7. The van der Waals surface area contributed by atoms with Crippen molar-refractivity contribution >= 4 is 17.4 Å². The van der Waals surface area contributed by atoms with Crippen LogP contribution in [0, 0.1) is 0 Å². The first-order chi connectivity index (χ1) is 17.6. The first kappa shape index (κ1) is 23.0. The van der Waals surface area contributed by atoms with Crippen LogP contribution in [-0.2, 0) is 22.7 Å². The molecule has 0 spiro atoms. The van der Waals surface area contributed by atoms with E-state index in [1.165, 1.54) is 17.3 Å². The highest BCUT2D eigenvalue weighted by Gasteiger charge is 2.46. The summed E-state index contributed by atoms with van der Waals surface area (Å²) in [4.78, 5) is 36.0. The molecule has 1 saturated heterocycles. The molecule has 3 heterocycles. The smallest absolute Gasteiger partial charge is 0.295 e. The van der Waals surface area contributed by atoms with E-state index < -0.39 is 17.7 Å². The summed E-state index contributed by atoms with van der Waals surface area (Å²) in [5, 5.41) is 11.2. The number of hydrogen-bond acceptors (Lipinski definition) is 6. The number of ether oxygens (including phenoxy) is 1. The van der Waals surface area contributed by atoms with Crippen LogP contribution in [0.1, 0.15) is 28.3 Å². The molecule has 1 atom stereocenters. The van der Waals surface area contributed by atoms with Crippen LogP contribution in [0.4, 0.5) is 0 Å². The minimum Gasteiger partial charge on any atom is -0.507 e. The van der Waals surface area contributed by atoms with Gasteiger partial charge in [-0.2, -0.15) is 0 Å². The van der Waals surface area contributed by atoms with Crippen molar-refractivity contribution in [3.8, 4) is 5.75 Å². The number of carbonyl (C=O) groups is 2. The number of aromatic nitrogens is 2. The zero-order valence-corrected chi connectivity index (χ0v) is 19.3. The number of amides is 1. The third-order valence-electron chi connectivity index (χ3n) is 5.99. The third kappa shape index (κ3) is 4.72. The molecule has 1 N–H and O–H groups in total. The summed E-state index contributed by atoms with van der Waals surface area (Å²) in [5.74, 6) is -1.08. The third-order valence-corrected chi connectivity index (χ3v) is 5.99. The molecule has 1 fully saturated rings. The van der Waals surface area contributed by atoms with Crippen molar-refractivity contribution in [2.24, 2.45) is 0 Å². The first-order valence-corrected chi connectivity index (χ1v) is 11.5. The summed E-state index contributed by atoms with van der Waals surface area (Å²) in [7, 11) is 0. The number of ketones is 1. The summed E-state index contributed by atoms with van der Waals surface area (Å²) >= 11 is 0. The van der Waals surface area contributed by atoms with Gasteiger partial charge in [-0.15, -0.1) is 0 Å². The number of Topliss-reactive ketones (excluding diaryl/α,β-unsaturated/α-hetero) is 1. The molecule has 0 radical (unpaired) electrons. The lowest BCUT2D eigenvalue weighted by atomic mass is 9.95. The number of aliphatic hydroxyl groups is 1. The lowest BCUT2D eigenvalue weighted by molar-refractivity contribution is -0.140. The van der Waals surface area contributed by atoms with Gasteiger partial charge in [0.2, 0.25) is 0 Å². The molecule has 1 unspecified atom stereocenters. The minimum atomic E-state index is -0.807. The SMILES string of the molecule is O=C1C(=O)N(Cc2cccnc2)C(c2cccc(OCc3ccccc3)c2)C1=C(O)c1ccncc1. The number of likely N-dealkylation sites (tertiary alicyclic amines) is 1. The van der Waals surface area contributed by atoms with E-state index in [4.69, 9.17) is 4.74 Å². The molecule has 2 aromatic heterocycles. The Labute approximate surface area is 208 Å². The van der Waals surface area contributed by atoms with E-state index in [2.05, 4.69) is 9.97 Å². The molecule has 1 amide bonds. The van der Waals surface area contributed by atoms with Gasteiger partial charge in [-0.05, 0) is 47.0 Å². The van der Waals surface area contributed by atoms with E-state index in [0.29, 0.717) is 23.5 Å². The van der Waals surface area contributed by atoms with Gasteiger partial charge in [0.15, 0.2) is 0 Å². The number of hydrogen-bond donors (Lipinski definition) is 1. The van der Waals surface area contributed by atoms with E-state index in [-0.39, 0.29) is 17.9 Å². The number of pyridine rings is 2. The van der Waals surface area contributed by atoms with Crippen LogP contribution in [-0.4, -0.2) is 31.7 Å². The van der Waals surface area contributed by atoms with Crippen molar-refractivity contribution in [1.29, 1.82) is 0 Å². The highest BCUT2D eigenvalue weighted by Crippen LogP contribution is 2.41. The predicted molar refractivity (Wildman–Crippen MR) is 134 cm³/mol. The van der Waals surface area contributed by atoms with Crippen molar-refractivity contribution in [3.05, 3.63) is 131 Å². The van der Waals surface area contributed by atoms with Gasteiger partial charge in [-0.1, -0.05) is 48.5 Å². The van der Waals surface area contributed by atoms with Crippen LogP contribution in [0.2, 0.25) is 0 Å². The van der Waals surface area contributed by atoms with E-state index in [0.717, 1.165) is 11.1 Å². The van der Waals surface area contributed by atoms with Crippen molar-refractivity contribution in [1.82, 2.24) is 14.9 Å². The second kappa shape index (κ2) is 10.2. The maximum absolute atomic E-state index is 13.2. The fourth-order valence-corrected chi connectivity index (χ4v) is 4.26. The average Bonchev–Trinajstić information content (AvgIpc) is 3.18. The molecule has 5 rings (SSSR count). The van der Waals surface area contributed by atoms with Crippen LogP contribution < -0.4 is 4.74 Å². The standard InChI is InChI=1S/C29H23N3O4/c33-27(22-11-14-30-15-12-22)25-26(32(29(35)28(25)34)18-21-8-5-13-31-17-21)23-9-4-10-24(16-23)36-19-20-6-2-1-3-7-20/h1-17,26,33H,18-19H2. The number of nitrogens with zero attached hydrogens (tertiary/aromatic N) is 3. The summed E-state index contributed by atoms with van der Waals surface area (Å²) in [6.45, 7) is 0.530. The monoisotopic (exact) mass is 477 g/mol. The van der Waals surface area contributed by atoms with Gasteiger partial charge in [0.25, 0.3) is 11.7 Å². The Morgan fingerprint density at radius 3 is 2.39 bits per heavy atom. The van der Waals surface area contributed by atoms with Crippen molar-refractivity contribution in [3.63, 3.8) is 0 Å². The van der Waals surface area contributed by atoms with Crippen LogP contribution in [0.15, 0.2) is 109 Å². The minimum absolute atomic E-state index is 0.0234. The van der Waals surface area contributed by atoms with Crippen molar-refractivity contribution in [2.45, 2.75) is 19.2 Å². The Hall–Kier alpha value is -4.78. The molecule has 0 saturated carbocycles. The largest absolute Gasteiger partial charge is 0.507 e. The fraction of sp³-hybridized carbons (Fsp3) is 0.103. The molecule has 7 heteroatoms. The van der Waals surface area contributed by atoms with Gasteiger partial charge in [-0.25, -0.2) is 0 Å². The quantitative estimate of drug-likeness (QED) is 0.236. The molecular weight excluding hydrogens is 454 g/mol. The van der Waals surface area contributed by atoms with Crippen molar-refractivity contribution < 1.29 is 19.4 Å². The molecule has 36 heavy (non-hydrogen) atoms. The van der Waals surface area contributed by atoms with Crippen LogP contribution in [0.25, 0.3) is 5.76 Å². The van der Waals surface area contributed by atoms with Gasteiger partial charge < -0.3 is 14.7 Å². The fourth-order valence-electron chi connectivity index (χ4n) is 4.26. The Bertz CT molecular complexity index is 1410. The summed E-state index contributed by atoms with van der Waals surface area (Å²) in [6.07, 6.45) is 6.34. The highest BCUT2D eigenvalue weighted by molar-refractivity contribution is 6.46. The summed E-state index contributed by atoms with van der Waals surface area (Å²) in [5.41, 5.74) is 2.87. The second-order valence-electron chi connectivity index (χ2n) is 8.37. The Balaban J connectivity index is 1.55. The Morgan fingerprint density at radius 1 is 0.861 bits per heavy atom. The normalized spacial score (nSPS) is 16.8. The zero-order chi connectivity index (χ0) is 24.9. The lowest BCUT2D eigenvalue weighted by Crippen LogP contribution is -2.29. The van der Waals surface area contributed by atoms with E-state index in [1.54, 1.807) is 36.7 Å². The number of carbonyl (C=O) groups excluding carboxylic acids is 2. The van der Waals surface area contributed by atoms with Gasteiger partial charge in [-0.3, -0.25) is 19.6 Å². The zero-order valence-electron chi connectivity index (χ0n) is 19.3. The highest BCUT2D eigenvalue weighted by atomic mass is 16.5. The van der Waals surface area contributed by atoms with E-state index in [1.807, 2.05) is 54.6 Å². The van der Waals surface area contributed by atoms with Crippen LogP contribution in [0.5, 0.6) is 5.75 Å². The molecule has 0 aliphatic carbocycles. The van der Waals surface area contributed by atoms with Crippen LogP contribution in [0.3, 0.4) is 0 Å². The van der Waals surface area contributed by atoms with Gasteiger partial charge in [0.1, 0.15) is 18.1 Å². The van der Waals surface area contributed by atoms with Crippen molar-refractivity contribution in [2.75, 3.05) is 0 Å². The van der Waals surface area contributed by atoms with Gasteiger partial charge >= 0.3 is 0 Å². The maximum Gasteiger partial charge on any atom is 0.295 e. The van der Waals surface area contributed by atoms with E-state index >= 15 is 0 Å². The molecule has 178 valence electrons. The molecule has 1 aliphatic rings. The molecule has 4 aromatic rings. The molecule has 0 bridgehead atoms. The number of aliphatic hydroxyl groups excluding tert-OH is 1. The second-order valence-corrected chi connectivity index (χ2v) is 8.37. The summed E-state index contributed by atoms with van der Waals surface area (Å²) < 4.78 is 5.99. The Kier molecular flexibility index (Phi) is 6.53. The predicted octanol–water partition coefficient (Wildman–Crippen LogP) is 4.68. The topological polar surface area (TPSA) is 92.6 Å². The maximum atomic E-state index is 13.2. The van der Waals surface area contributed by atoms with Crippen LogP contribution >= 0.6 is 0 Å². The first-order valence-electron chi connectivity index (χ1n) is 11.5. The average molecular weight is 478 g/mol. The Morgan fingerprint density at radius 2 is 1.64 bits per heavy atom. The van der Waals surface area contributed by atoms with Gasteiger partial charge in [0, 0.05) is 36.9 Å². The summed E-state index contributed by atoms with van der Waals surface area (Å²) in [6, 6.07) is 23.0. The van der Waals surface area contributed by atoms with E-state index in [9.17, 15) is 14.7 Å². The molecular formula is C29H23N3O4. The number of benzene rings is 2. The molecule has 2 aromatic carbocycles. The molecule has 7 nitrogen and oxygen atoms in total. The molecule has 1 aliphatic heterocycles. The lowest BCUT2D eigenvalue weighted by Gasteiger charge is -2.25. The van der Waals surface area contributed by atoms with Gasteiger partial charge in [0.05, 0.1) is 11.6 Å².